The maximum atomic E-state index is 10.7. The van der Waals surface area contributed by atoms with E-state index in [-0.39, 0.29) is 5.69 Å². The highest BCUT2D eigenvalue weighted by atomic mass is 16.6. The van der Waals surface area contributed by atoms with Crippen molar-refractivity contribution in [1.82, 2.24) is 9.78 Å². The first-order valence-electron chi connectivity index (χ1n) is 5.08. The summed E-state index contributed by atoms with van der Waals surface area (Å²) in [5.74, 6) is 1.04. The van der Waals surface area contributed by atoms with Gasteiger partial charge in [-0.3, -0.25) is 14.8 Å². The molecule has 1 aliphatic rings. The van der Waals surface area contributed by atoms with Gasteiger partial charge in [0, 0.05) is 13.6 Å². The van der Waals surface area contributed by atoms with Gasteiger partial charge in [0.05, 0.1) is 4.92 Å². The van der Waals surface area contributed by atoms with Gasteiger partial charge in [0.25, 0.3) is 0 Å². The predicted octanol–water partition coefficient (Wildman–Crippen LogP) is 1.54. The van der Waals surface area contributed by atoms with Crippen molar-refractivity contribution < 1.29 is 4.92 Å². The van der Waals surface area contributed by atoms with Crippen LogP contribution in [0, 0.1) is 16.0 Å². The Morgan fingerprint density at radius 1 is 1.73 bits per heavy atom. The molecule has 0 aromatic carbocycles. The van der Waals surface area contributed by atoms with Crippen LogP contribution in [0.15, 0.2) is 6.20 Å². The van der Waals surface area contributed by atoms with E-state index in [9.17, 15) is 10.1 Å². The van der Waals surface area contributed by atoms with Crippen LogP contribution < -0.4 is 5.32 Å². The summed E-state index contributed by atoms with van der Waals surface area (Å²) < 4.78 is 1.46. The van der Waals surface area contributed by atoms with E-state index in [0.717, 1.165) is 6.54 Å². The van der Waals surface area contributed by atoms with Gasteiger partial charge in [0.15, 0.2) is 0 Å². The minimum absolute atomic E-state index is 0.0526. The van der Waals surface area contributed by atoms with Gasteiger partial charge in [-0.2, -0.15) is 0 Å². The normalized spacial score (nSPS) is 16.1. The van der Waals surface area contributed by atoms with Crippen molar-refractivity contribution in [3.63, 3.8) is 0 Å². The molecule has 6 heteroatoms. The maximum absolute atomic E-state index is 10.7. The van der Waals surface area contributed by atoms with Crippen molar-refractivity contribution >= 4 is 11.5 Å². The van der Waals surface area contributed by atoms with Crippen LogP contribution in [0.2, 0.25) is 0 Å². The zero-order chi connectivity index (χ0) is 10.8. The van der Waals surface area contributed by atoms with Gasteiger partial charge in [0.1, 0.15) is 6.20 Å². The van der Waals surface area contributed by atoms with E-state index in [4.69, 9.17) is 0 Å². The summed E-state index contributed by atoms with van der Waals surface area (Å²) in [7, 11) is 1.68. The summed E-state index contributed by atoms with van der Waals surface area (Å²) in [5.41, 5.74) is 0.0526. The quantitative estimate of drug-likeness (QED) is 0.604. The molecule has 0 aliphatic heterocycles. The Kier molecular flexibility index (Phi) is 2.57. The number of anilines is 1. The highest BCUT2D eigenvalue weighted by molar-refractivity contribution is 5.54. The summed E-state index contributed by atoms with van der Waals surface area (Å²) in [6.07, 6.45) is 5.13. The van der Waals surface area contributed by atoms with E-state index in [1.165, 1.54) is 30.1 Å². The Bertz CT molecular complexity index is 370. The summed E-state index contributed by atoms with van der Waals surface area (Å²) in [4.78, 5) is 10.3. The molecule has 0 amide bonds. The second kappa shape index (κ2) is 3.88. The van der Waals surface area contributed by atoms with Crippen molar-refractivity contribution in [2.45, 2.75) is 19.3 Å². The molecule has 0 unspecified atom stereocenters. The van der Waals surface area contributed by atoms with Crippen LogP contribution >= 0.6 is 0 Å². The van der Waals surface area contributed by atoms with E-state index < -0.39 is 4.92 Å². The number of hydrogen-bond acceptors (Lipinski definition) is 4. The van der Waals surface area contributed by atoms with Gasteiger partial charge in [-0.25, -0.2) is 0 Å². The van der Waals surface area contributed by atoms with E-state index in [1.54, 1.807) is 7.05 Å². The lowest BCUT2D eigenvalue weighted by Gasteiger charge is -2.25. The molecule has 1 saturated carbocycles. The lowest BCUT2D eigenvalue weighted by Crippen LogP contribution is -2.21. The number of aromatic nitrogens is 2. The Hall–Kier alpha value is -1.59. The third kappa shape index (κ3) is 2.08. The molecular weight excluding hydrogens is 196 g/mol. The molecule has 1 N–H and O–H groups in total. The second-order valence-electron chi connectivity index (χ2n) is 3.97. The zero-order valence-electron chi connectivity index (χ0n) is 8.64. The lowest BCUT2D eigenvalue weighted by atomic mass is 9.85. The fraction of sp³-hybridized carbons (Fsp3) is 0.667. The van der Waals surface area contributed by atoms with Crippen LogP contribution in [0.4, 0.5) is 11.5 Å². The molecule has 15 heavy (non-hydrogen) atoms. The topological polar surface area (TPSA) is 73.0 Å². The van der Waals surface area contributed by atoms with Crippen molar-refractivity contribution in [2.75, 3.05) is 11.9 Å². The number of hydrogen-bond donors (Lipinski definition) is 1. The minimum atomic E-state index is -0.407. The monoisotopic (exact) mass is 210 g/mol. The predicted molar refractivity (Wildman–Crippen MR) is 55.7 cm³/mol. The Balaban J connectivity index is 2.02. The molecule has 1 heterocycles. The molecule has 1 aliphatic carbocycles. The summed E-state index contributed by atoms with van der Waals surface area (Å²) in [6, 6.07) is 0. The van der Waals surface area contributed by atoms with Crippen molar-refractivity contribution in [3.8, 4) is 0 Å². The van der Waals surface area contributed by atoms with Gasteiger partial charge in [0.2, 0.25) is 5.82 Å². The average Bonchev–Trinajstić information content (AvgIpc) is 2.44. The third-order valence-corrected chi connectivity index (χ3v) is 2.79. The number of aryl methyl sites for hydroxylation is 1. The lowest BCUT2D eigenvalue weighted by molar-refractivity contribution is -0.384. The smallest absolute Gasteiger partial charge is 0.330 e. The van der Waals surface area contributed by atoms with Crippen LogP contribution in [0.1, 0.15) is 19.3 Å². The molecule has 1 aromatic heterocycles. The number of nitro groups is 1. The molecule has 1 aromatic rings. The van der Waals surface area contributed by atoms with Crippen LogP contribution in [0.3, 0.4) is 0 Å². The van der Waals surface area contributed by atoms with Crippen LogP contribution in [-0.2, 0) is 7.05 Å². The second-order valence-corrected chi connectivity index (χ2v) is 3.97. The fourth-order valence-electron chi connectivity index (χ4n) is 1.67. The molecule has 0 atom stereocenters. The molecule has 0 spiro atoms. The Labute approximate surface area is 87.4 Å². The Morgan fingerprint density at radius 3 is 3.00 bits per heavy atom. The van der Waals surface area contributed by atoms with Gasteiger partial charge < -0.3 is 5.32 Å². The van der Waals surface area contributed by atoms with Crippen LogP contribution in [0.25, 0.3) is 0 Å². The van der Waals surface area contributed by atoms with Crippen LogP contribution in [-0.4, -0.2) is 21.2 Å². The zero-order valence-corrected chi connectivity index (χ0v) is 8.64. The minimum Gasteiger partial charge on any atom is -0.363 e. The molecule has 0 radical (unpaired) electrons. The van der Waals surface area contributed by atoms with Gasteiger partial charge in [-0.05, 0) is 18.8 Å². The Morgan fingerprint density at radius 2 is 2.47 bits per heavy atom. The molecule has 0 saturated heterocycles. The number of nitrogens with one attached hydrogen (secondary N) is 1. The summed E-state index contributed by atoms with van der Waals surface area (Å²) >= 11 is 0. The summed E-state index contributed by atoms with van der Waals surface area (Å²) in [5, 5.41) is 17.7. The first kappa shape index (κ1) is 9.95. The maximum Gasteiger partial charge on any atom is 0.330 e. The fourth-order valence-corrected chi connectivity index (χ4v) is 1.67. The molecule has 1 fully saturated rings. The highest BCUT2D eigenvalue weighted by Crippen LogP contribution is 2.28. The third-order valence-electron chi connectivity index (χ3n) is 2.79. The van der Waals surface area contributed by atoms with E-state index in [0.29, 0.717) is 11.7 Å². The molecule has 0 bridgehead atoms. The average molecular weight is 210 g/mol. The largest absolute Gasteiger partial charge is 0.363 e. The number of rotatable bonds is 4. The SMILES string of the molecule is Cn1cc([N+](=O)[O-])c(NCC2CCC2)n1. The first-order chi connectivity index (χ1) is 7.16. The highest BCUT2D eigenvalue weighted by Gasteiger charge is 2.21. The van der Waals surface area contributed by atoms with E-state index >= 15 is 0 Å². The molecule has 2 rings (SSSR count). The molecule has 82 valence electrons. The number of nitrogens with zero attached hydrogens (tertiary/aromatic N) is 3. The van der Waals surface area contributed by atoms with E-state index in [2.05, 4.69) is 10.4 Å². The molecule has 6 nitrogen and oxygen atoms in total. The van der Waals surface area contributed by atoms with Crippen molar-refractivity contribution in [2.24, 2.45) is 13.0 Å². The van der Waals surface area contributed by atoms with Crippen molar-refractivity contribution in [1.29, 1.82) is 0 Å². The van der Waals surface area contributed by atoms with E-state index in [1.807, 2.05) is 0 Å². The van der Waals surface area contributed by atoms with Gasteiger partial charge in [-0.15, -0.1) is 5.10 Å². The van der Waals surface area contributed by atoms with Crippen molar-refractivity contribution in [3.05, 3.63) is 16.3 Å². The standard InChI is InChI=1S/C9H14N4O2/c1-12-6-8(13(14)15)9(11-12)10-5-7-3-2-4-7/h6-7H,2-5H2,1H3,(H,10,11). The molecular formula is C9H14N4O2. The first-order valence-corrected chi connectivity index (χ1v) is 5.08. The van der Waals surface area contributed by atoms with Gasteiger partial charge >= 0.3 is 5.69 Å². The summed E-state index contributed by atoms with van der Waals surface area (Å²) in [6.45, 7) is 0.790. The van der Waals surface area contributed by atoms with Crippen LogP contribution in [0.5, 0.6) is 0 Å². The van der Waals surface area contributed by atoms with Gasteiger partial charge in [-0.1, -0.05) is 6.42 Å².